The second-order valence-corrected chi connectivity index (χ2v) is 6.77. The van der Waals surface area contributed by atoms with Gasteiger partial charge in [0.2, 0.25) is 0 Å². The smallest absolute Gasteiger partial charge is 0.127 e. The van der Waals surface area contributed by atoms with E-state index < -0.39 is 0 Å². The lowest BCUT2D eigenvalue weighted by molar-refractivity contribution is 0.242. The zero-order valence-corrected chi connectivity index (χ0v) is 13.0. The molecule has 1 aromatic rings. The van der Waals surface area contributed by atoms with E-state index in [2.05, 4.69) is 26.1 Å². The molecule has 112 valence electrons. The molecule has 1 saturated carbocycles. The molecule has 2 unspecified atom stereocenters. The molecule has 1 N–H and O–H groups in total. The SMILES string of the molecule is CC(C)CC1CCCC(N[C@H](C)c2ccccc2F)C1. The van der Waals surface area contributed by atoms with Gasteiger partial charge in [0, 0.05) is 17.6 Å². The molecule has 0 bridgehead atoms. The molecule has 0 aliphatic heterocycles. The largest absolute Gasteiger partial charge is 0.307 e. The van der Waals surface area contributed by atoms with Crippen molar-refractivity contribution >= 4 is 0 Å². The van der Waals surface area contributed by atoms with Crippen LogP contribution in [-0.2, 0) is 0 Å². The molecule has 1 aromatic carbocycles. The normalized spacial score (nSPS) is 24.9. The maximum absolute atomic E-state index is 13.8. The summed E-state index contributed by atoms with van der Waals surface area (Å²) in [5.41, 5.74) is 0.790. The van der Waals surface area contributed by atoms with Crippen LogP contribution in [0.5, 0.6) is 0 Å². The summed E-state index contributed by atoms with van der Waals surface area (Å²) in [4.78, 5) is 0. The van der Waals surface area contributed by atoms with E-state index in [0.29, 0.717) is 6.04 Å². The predicted molar refractivity (Wildman–Crippen MR) is 83.2 cm³/mol. The Morgan fingerprint density at radius 1 is 1.20 bits per heavy atom. The molecular formula is C18H28FN. The molecule has 20 heavy (non-hydrogen) atoms. The van der Waals surface area contributed by atoms with Crippen LogP contribution in [0, 0.1) is 17.7 Å². The van der Waals surface area contributed by atoms with E-state index in [9.17, 15) is 4.39 Å². The van der Waals surface area contributed by atoms with Crippen LogP contribution >= 0.6 is 0 Å². The highest BCUT2D eigenvalue weighted by Crippen LogP contribution is 2.30. The van der Waals surface area contributed by atoms with Crippen LogP contribution in [0.1, 0.15) is 64.5 Å². The average molecular weight is 277 g/mol. The van der Waals surface area contributed by atoms with Gasteiger partial charge in [-0.1, -0.05) is 44.9 Å². The van der Waals surface area contributed by atoms with Gasteiger partial charge in [0.1, 0.15) is 5.82 Å². The predicted octanol–water partition coefficient (Wildman–Crippen LogP) is 5.08. The monoisotopic (exact) mass is 277 g/mol. The fraction of sp³-hybridized carbons (Fsp3) is 0.667. The van der Waals surface area contributed by atoms with Gasteiger partial charge < -0.3 is 5.32 Å². The third-order valence-electron chi connectivity index (χ3n) is 4.44. The number of halogens is 1. The van der Waals surface area contributed by atoms with Crippen molar-refractivity contribution < 1.29 is 4.39 Å². The molecule has 0 aromatic heterocycles. The molecule has 0 saturated heterocycles. The van der Waals surface area contributed by atoms with Gasteiger partial charge in [-0.3, -0.25) is 0 Å². The van der Waals surface area contributed by atoms with Gasteiger partial charge in [-0.2, -0.15) is 0 Å². The zero-order valence-electron chi connectivity index (χ0n) is 13.0. The lowest BCUT2D eigenvalue weighted by Crippen LogP contribution is -2.36. The number of nitrogens with one attached hydrogen (secondary N) is 1. The fourth-order valence-corrected chi connectivity index (χ4v) is 3.59. The van der Waals surface area contributed by atoms with Crippen LogP contribution in [0.2, 0.25) is 0 Å². The molecule has 3 atom stereocenters. The fourth-order valence-electron chi connectivity index (χ4n) is 3.59. The summed E-state index contributed by atoms with van der Waals surface area (Å²) < 4.78 is 13.8. The maximum Gasteiger partial charge on any atom is 0.127 e. The van der Waals surface area contributed by atoms with Crippen molar-refractivity contribution in [3.8, 4) is 0 Å². The summed E-state index contributed by atoms with van der Waals surface area (Å²) in [6.07, 6.45) is 6.47. The molecule has 1 aliphatic rings. The maximum atomic E-state index is 13.8. The molecule has 0 amide bonds. The van der Waals surface area contributed by atoms with Gasteiger partial charge in [-0.05, 0) is 44.1 Å². The highest BCUT2D eigenvalue weighted by Gasteiger charge is 2.24. The minimum atomic E-state index is -0.0953. The first-order valence-electron chi connectivity index (χ1n) is 8.06. The molecule has 1 nitrogen and oxygen atoms in total. The summed E-state index contributed by atoms with van der Waals surface area (Å²) in [6.45, 7) is 6.68. The Kier molecular flexibility index (Phi) is 5.59. The van der Waals surface area contributed by atoms with Crippen LogP contribution in [0.15, 0.2) is 24.3 Å². The molecule has 2 heteroatoms. The first kappa shape index (κ1) is 15.5. The Balaban J connectivity index is 1.91. The second kappa shape index (κ2) is 7.21. The van der Waals surface area contributed by atoms with E-state index in [1.165, 1.54) is 32.1 Å². The lowest BCUT2D eigenvalue weighted by atomic mass is 9.81. The first-order valence-corrected chi connectivity index (χ1v) is 8.06. The Morgan fingerprint density at radius 3 is 2.65 bits per heavy atom. The number of benzene rings is 1. The Hall–Kier alpha value is -0.890. The number of rotatable bonds is 5. The van der Waals surface area contributed by atoms with Crippen molar-refractivity contribution in [1.82, 2.24) is 5.32 Å². The standard InChI is InChI=1S/C18H28FN/c1-13(2)11-15-7-6-8-16(12-15)20-14(3)17-9-4-5-10-18(17)19/h4-5,9-10,13-16,20H,6-8,11-12H2,1-3H3/t14-,15?,16?/m1/s1. The molecular weight excluding hydrogens is 249 g/mol. The van der Waals surface area contributed by atoms with Crippen LogP contribution in [0.3, 0.4) is 0 Å². The highest BCUT2D eigenvalue weighted by atomic mass is 19.1. The van der Waals surface area contributed by atoms with Crippen molar-refractivity contribution in [2.75, 3.05) is 0 Å². The molecule has 2 rings (SSSR count). The molecule has 1 fully saturated rings. The summed E-state index contributed by atoms with van der Waals surface area (Å²) in [7, 11) is 0. The molecule has 1 aliphatic carbocycles. The van der Waals surface area contributed by atoms with E-state index in [0.717, 1.165) is 17.4 Å². The van der Waals surface area contributed by atoms with Crippen LogP contribution in [0.4, 0.5) is 4.39 Å². The summed E-state index contributed by atoms with van der Waals surface area (Å²) in [6, 6.07) is 7.75. The minimum absolute atomic E-state index is 0.0953. The summed E-state index contributed by atoms with van der Waals surface area (Å²) in [5, 5.41) is 3.64. The lowest BCUT2D eigenvalue weighted by Gasteiger charge is -2.33. The van der Waals surface area contributed by atoms with E-state index >= 15 is 0 Å². The van der Waals surface area contributed by atoms with Crippen LogP contribution in [-0.4, -0.2) is 6.04 Å². The van der Waals surface area contributed by atoms with Crippen molar-refractivity contribution in [2.24, 2.45) is 11.8 Å². The highest BCUT2D eigenvalue weighted by molar-refractivity contribution is 5.20. The van der Waals surface area contributed by atoms with Crippen molar-refractivity contribution in [3.05, 3.63) is 35.6 Å². The third kappa shape index (κ3) is 4.31. The zero-order chi connectivity index (χ0) is 14.5. The first-order chi connectivity index (χ1) is 9.56. The quantitative estimate of drug-likeness (QED) is 0.791. The average Bonchev–Trinajstić information content (AvgIpc) is 2.38. The minimum Gasteiger partial charge on any atom is -0.307 e. The number of hydrogen-bond donors (Lipinski definition) is 1. The third-order valence-corrected chi connectivity index (χ3v) is 4.44. The van der Waals surface area contributed by atoms with Gasteiger partial charge in [0.25, 0.3) is 0 Å². The summed E-state index contributed by atoms with van der Waals surface area (Å²) >= 11 is 0. The van der Waals surface area contributed by atoms with Gasteiger partial charge >= 0.3 is 0 Å². The van der Waals surface area contributed by atoms with E-state index in [-0.39, 0.29) is 11.9 Å². The Bertz CT molecular complexity index is 416. The molecule has 0 spiro atoms. The van der Waals surface area contributed by atoms with Crippen LogP contribution < -0.4 is 5.32 Å². The van der Waals surface area contributed by atoms with Crippen LogP contribution in [0.25, 0.3) is 0 Å². The van der Waals surface area contributed by atoms with Crippen molar-refractivity contribution in [2.45, 2.75) is 65.0 Å². The van der Waals surface area contributed by atoms with Gasteiger partial charge in [0.15, 0.2) is 0 Å². The van der Waals surface area contributed by atoms with E-state index in [4.69, 9.17) is 0 Å². The van der Waals surface area contributed by atoms with Crippen molar-refractivity contribution in [1.29, 1.82) is 0 Å². The topological polar surface area (TPSA) is 12.0 Å². The molecule has 0 heterocycles. The van der Waals surface area contributed by atoms with Gasteiger partial charge in [0.05, 0.1) is 0 Å². The Labute approximate surface area is 123 Å². The van der Waals surface area contributed by atoms with E-state index in [1.54, 1.807) is 12.1 Å². The van der Waals surface area contributed by atoms with Gasteiger partial charge in [-0.15, -0.1) is 0 Å². The Morgan fingerprint density at radius 2 is 1.95 bits per heavy atom. The van der Waals surface area contributed by atoms with Crippen molar-refractivity contribution in [3.63, 3.8) is 0 Å². The number of hydrogen-bond acceptors (Lipinski definition) is 1. The molecule has 0 radical (unpaired) electrons. The summed E-state index contributed by atoms with van der Waals surface area (Å²) in [5.74, 6) is 1.53. The van der Waals surface area contributed by atoms with Gasteiger partial charge in [-0.25, -0.2) is 4.39 Å². The van der Waals surface area contributed by atoms with E-state index in [1.807, 2.05) is 12.1 Å². The second-order valence-electron chi connectivity index (χ2n) is 6.77.